The van der Waals surface area contributed by atoms with E-state index in [0.29, 0.717) is 30.9 Å². The minimum Gasteiger partial charge on any atom is -0.489 e. The lowest BCUT2D eigenvalue weighted by molar-refractivity contribution is -0.135. The average molecular weight is 434 g/mol. The van der Waals surface area contributed by atoms with Crippen LogP contribution in [0.15, 0.2) is 54.6 Å². The van der Waals surface area contributed by atoms with Crippen LogP contribution in [0.1, 0.15) is 28.0 Å². The maximum atomic E-state index is 12.7. The lowest BCUT2D eigenvalue weighted by Crippen LogP contribution is -2.65. The Morgan fingerprint density at radius 2 is 2.00 bits per heavy atom. The Hall–Kier alpha value is -3.49. The zero-order chi connectivity index (χ0) is 22.7. The molecule has 8 heteroatoms. The van der Waals surface area contributed by atoms with Gasteiger partial charge in [0.1, 0.15) is 12.4 Å². The number of primary amides is 1. The Morgan fingerprint density at radius 1 is 1.25 bits per heavy atom. The molecule has 0 radical (unpaired) electrons. The van der Waals surface area contributed by atoms with Crippen molar-refractivity contribution in [2.75, 3.05) is 13.1 Å². The Balaban J connectivity index is 1.43. The highest BCUT2D eigenvalue weighted by atomic mass is 16.5. The van der Waals surface area contributed by atoms with Crippen LogP contribution in [0.4, 0.5) is 0 Å². The van der Waals surface area contributed by atoms with Gasteiger partial charge >= 0.3 is 0 Å². The first-order valence-electron chi connectivity index (χ1n) is 10.5. The molecule has 8 nitrogen and oxygen atoms in total. The molecule has 1 saturated heterocycles. The third kappa shape index (κ3) is 4.56. The minimum absolute atomic E-state index is 0.0485. The molecule has 2 heterocycles. The molecule has 0 spiro atoms. The average Bonchev–Trinajstić information content (AvgIpc) is 2.77. The van der Waals surface area contributed by atoms with Crippen LogP contribution < -0.4 is 21.1 Å². The number of amides is 2. The van der Waals surface area contributed by atoms with Crippen molar-refractivity contribution in [1.82, 2.24) is 15.6 Å². The van der Waals surface area contributed by atoms with Crippen LogP contribution in [0, 0.1) is 12.8 Å². The molecule has 0 aliphatic carbocycles. The minimum atomic E-state index is -1.73. The molecule has 1 fully saturated rings. The number of carbonyl (C=O) groups excluding carboxylic acids is 2. The number of aryl methyl sites for hydroxylation is 1. The van der Waals surface area contributed by atoms with Crippen LogP contribution in [0.25, 0.3) is 10.9 Å². The van der Waals surface area contributed by atoms with E-state index in [0.717, 1.165) is 22.2 Å². The van der Waals surface area contributed by atoms with Crippen LogP contribution >= 0.6 is 0 Å². The molecule has 2 aromatic carbocycles. The van der Waals surface area contributed by atoms with Crippen LogP contribution in [-0.4, -0.2) is 40.7 Å². The van der Waals surface area contributed by atoms with Crippen molar-refractivity contribution in [2.24, 2.45) is 11.7 Å². The molecule has 0 saturated carbocycles. The van der Waals surface area contributed by atoms with E-state index in [1.807, 2.05) is 37.3 Å². The lowest BCUT2D eigenvalue weighted by Gasteiger charge is -2.39. The lowest BCUT2D eigenvalue weighted by atomic mass is 9.88. The van der Waals surface area contributed by atoms with E-state index in [4.69, 9.17) is 10.5 Å². The maximum Gasteiger partial charge on any atom is 0.253 e. The van der Waals surface area contributed by atoms with E-state index in [-0.39, 0.29) is 6.54 Å². The van der Waals surface area contributed by atoms with Crippen molar-refractivity contribution in [3.8, 4) is 5.75 Å². The first kappa shape index (κ1) is 21.7. The number of rotatable bonds is 6. The van der Waals surface area contributed by atoms with E-state index in [1.165, 1.54) is 0 Å². The summed E-state index contributed by atoms with van der Waals surface area (Å²) in [5, 5.41) is 17.3. The molecule has 0 bridgehead atoms. The summed E-state index contributed by atoms with van der Waals surface area (Å²) in [6.07, 6.45) is 0.349. The molecule has 1 aromatic heterocycles. The number of nitrogens with one attached hydrogen (secondary N) is 2. The van der Waals surface area contributed by atoms with Gasteiger partial charge in [-0.15, -0.1) is 0 Å². The second-order valence-electron chi connectivity index (χ2n) is 8.05. The molecule has 32 heavy (non-hydrogen) atoms. The van der Waals surface area contributed by atoms with E-state index < -0.39 is 23.5 Å². The van der Waals surface area contributed by atoms with Gasteiger partial charge in [-0.05, 0) is 56.3 Å². The molecule has 2 amide bonds. The van der Waals surface area contributed by atoms with Gasteiger partial charge < -0.3 is 26.2 Å². The van der Waals surface area contributed by atoms with Gasteiger partial charge in [0.15, 0.2) is 5.72 Å². The molecule has 1 aliphatic heterocycles. The van der Waals surface area contributed by atoms with Crippen LogP contribution in [0.5, 0.6) is 5.75 Å². The normalized spacial score (nSPS) is 20.6. The van der Waals surface area contributed by atoms with Crippen LogP contribution in [0.2, 0.25) is 0 Å². The van der Waals surface area contributed by atoms with Crippen molar-refractivity contribution in [3.63, 3.8) is 0 Å². The zero-order valence-electron chi connectivity index (χ0n) is 17.8. The van der Waals surface area contributed by atoms with Gasteiger partial charge in [-0.1, -0.05) is 18.2 Å². The zero-order valence-corrected chi connectivity index (χ0v) is 17.8. The Kier molecular flexibility index (Phi) is 6.07. The summed E-state index contributed by atoms with van der Waals surface area (Å²) < 4.78 is 5.93. The Morgan fingerprint density at radius 3 is 2.75 bits per heavy atom. The Labute approximate surface area is 185 Å². The van der Waals surface area contributed by atoms with Gasteiger partial charge in [-0.3, -0.25) is 14.6 Å². The first-order chi connectivity index (χ1) is 15.4. The van der Waals surface area contributed by atoms with Gasteiger partial charge in [0, 0.05) is 28.8 Å². The number of benzene rings is 2. The van der Waals surface area contributed by atoms with Crippen molar-refractivity contribution in [3.05, 3.63) is 71.4 Å². The molecular weight excluding hydrogens is 408 g/mol. The summed E-state index contributed by atoms with van der Waals surface area (Å²) in [5.41, 5.74) is 6.88. The number of para-hydroxylation sites is 1. The molecule has 5 N–H and O–H groups in total. The number of fused-ring (bicyclic) bond motifs is 1. The summed E-state index contributed by atoms with van der Waals surface area (Å²) in [7, 11) is 0. The number of carbonyl (C=O) groups is 2. The largest absolute Gasteiger partial charge is 0.489 e. The number of pyridine rings is 1. The number of aromatic nitrogens is 1. The number of β-amino-alcohol motifs (C(OH)–C–C–N with tert-alkyl or cyclic N) is 1. The highest BCUT2D eigenvalue weighted by Crippen LogP contribution is 2.23. The molecule has 4 rings (SSSR count). The molecule has 2 atom stereocenters. The Bertz CT molecular complexity index is 1150. The number of hydrogen-bond donors (Lipinski definition) is 4. The number of nitrogens with zero attached hydrogens (tertiary/aromatic N) is 1. The monoisotopic (exact) mass is 434 g/mol. The van der Waals surface area contributed by atoms with Crippen LogP contribution in [-0.2, 0) is 11.4 Å². The molecule has 2 unspecified atom stereocenters. The molecule has 3 aromatic rings. The first-order valence-corrected chi connectivity index (χ1v) is 10.5. The van der Waals surface area contributed by atoms with Crippen molar-refractivity contribution in [2.45, 2.75) is 25.7 Å². The van der Waals surface area contributed by atoms with Gasteiger partial charge in [-0.25, -0.2) is 0 Å². The summed E-state index contributed by atoms with van der Waals surface area (Å²) in [4.78, 5) is 28.9. The highest BCUT2D eigenvalue weighted by Gasteiger charge is 2.43. The fourth-order valence-electron chi connectivity index (χ4n) is 4.04. The number of nitrogens with two attached hydrogens (primary N) is 1. The molecule has 1 aliphatic rings. The van der Waals surface area contributed by atoms with Gasteiger partial charge in [0.05, 0.1) is 11.4 Å². The number of aliphatic hydroxyl groups is 1. The quantitative estimate of drug-likeness (QED) is 0.437. The van der Waals surface area contributed by atoms with Crippen molar-refractivity contribution < 1.29 is 19.4 Å². The summed E-state index contributed by atoms with van der Waals surface area (Å²) >= 11 is 0. The molecular formula is C24H26N4O4. The van der Waals surface area contributed by atoms with E-state index >= 15 is 0 Å². The fourth-order valence-corrected chi connectivity index (χ4v) is 4.04. The summed E-state index contributed by atoms with van der Waals surface area (Å²) in [6.45, 7) is 2.90. The van der Waals surface area contributed by atoms with E-state index in [2.05, 4.69) is 15.6 Å². The number of ether oxygens (including phenoxy) is 1. The number of piperidine rings is 1. The summed E-state index contributed by atoms with van der Waals surface area (Å²) in [5.74, 6) is -1.39. The van der Waals surface area contributed by atoms with Crippen molar-refractivity contribution in [1.29, 1.82) is 0 Å². The van der Waals surface area contributed by atoms with Gasteiger partial charge in [0.2, 0.25) is 5.91 Å². The van der Waals surface area contributed by atoms with Gasteiger partial charge in [0.25, 0.3) is 5.91 Å². The summed E-state index contributed by atoms with van der Waals surface area (Å²) in [6, 6.07) is 16.5. The SMILES string of the molecule is Cc1cc(COc2ccc(C(=O)NC3(O)CNCCC3C(N)=O)cc2)c2ccccc2n1. The third-order valence-corrected chi connectivity index (χ3v) is 5.69. The predicted octanol–water partition coefficient (Wildman–Crippen LogP) is 1.64. The van der Waals surface area contributed by atoms with Crippen LogP contribution in [0.3, 0.4) is 0 Å². The number of hydrogen-bond acceptors (Lipinski definition) is 6. The second-order valence-corrected chi connectivity index (χ2v) is 8.05. The smallest absolute Gasteiger partial charge is 0.253 e. The van der Waals surface area contributed by atoms with Crippen molar-refractivity contribution >= 4 is 22.7 Å². The fraction of sp³-hybridized carbons (Fsp3) is 0.292. The predicted molar refractivity (Wildman–Crippen MR) is 120 cm³/mol. The van der Waals surface area contributed by atoms with Gasteiger partial charge in [-0.2, -0.15) is 0 Å². The second kappa shape index (κ2) is 8.94. The van der Waals surface area contributed by atoms with E-state index in [9.17, 15) is 14.7 Å². The topological polar surface area (TPSA) is 127 Å². The standard InChI is InChI=1S/C24H26N4O4/c1-15-12-17(19-4-2-3-5-21(19)27-15)13-32-18-8-6-16(7-9-18)23(30)28-24(31)14-26-11-10-20(24)22(25)29/h2-9,12,20,26,31H,10-11,13-14H2,1H3,(H2,25,29)(H,28,30). The third-order valence-electron chi connectivity index (χ3n) is 5.69. The van der Waals surface area contributed by atoms with E-state index in [1.54, 1.807) is 24.3 Å². The maximum absolute atomic E-state index is 12.7. The highest BCUT2D eigenvalue weighted by molar-refractivity contribution is 5.95. The molecule has 166 valence electrons.